The van der Waals surface area contributed by atoms with Gasteiger partial charge in [-0.3, -0.25) is 0 Å². The number of carbonyl (C=O) groups is 1. The Labute approximate surface area is 118 Å². The summed E-state index contributed by atoms with van der Waals surface area (Å²) in [5, 5.41) is 11.8. The van der Waals surface area contributed by atoms with Crippen LogP contribution in [0.4, 0.5) is 15.8 Å². The van der Waals surface area contributed by atoms with Gasteiger partial charge >= 0.3 is 5.97 Å². The number of hydrogen-bond acceptors (Lipinski definition) is 2. The van der Waals surface area contributed by atoms with E-state index in [4.69, 9.17) is 5.11 Å². The lowest BCUT2D eigenvalue weighted by atomic mass is 10.1. The highest BCUT2D eigenvalue weighted by Crippen LogP contribution is 2.26. The van der Waals surface area contributed by atoms with Crippen LogP contribution in [0, 0.1) is 12.7 Å². The standard InChI is InChI=1S/C14H11BrFNO2/c1-8-6-9(14(18)19)2-5-12(8)17-13-7-10(15)3-4-11(13)16/h2-7,17H,1H3,(H,18,19). The zero-order valence-corrected chi connectivity index (χ0v) is 11.7. The second-order valence-electron chi connectivity index (χ2n) is 4.08. The molecule has 0 fully saturated rings. The molecule has 0 radical (unpaired) electrons. The number of aromatic carboxylic acids is 1. The van der Waals surface area contributed by atoms with Crippen molar-refractivity contribution in [2.75, 3.05) is 5.32 Å². The van der Waals surface area contributed by atoms with Crippen LogP contribution in [0.3, 0.4) is 0 Å². The molecule has 2 N–H and O–H groups in total. The van der Waals surface area contributed by atoms with Crippen molar-refractivity contribution in [3.8, 4) is 0 Å². The first kappa shape index (κ1) is 13.5. The van der Waals surface area contributed by atoms with Crippen molar-refractivity contribution in [2.45, 2.75) is 6.92 Å². The summed E-state index contributed by atoms with van der Waals surface area (Å²) >= 11 is 3.27. The van der Waals surface area contributed by atoms with Gasteiger partial charge in [-0.1, -0.05) is 15.9 Å². The van der Waals surface area contributed by atoms with Crippen LogP contribution < -0.4 is 5.32 Å². The Kier molecular flexibility index (Phi) is 3.85. The van der Waals surface area contributed by atoms with E-state index in [0.29, 0.717) is 11.4 Å². The Balaban J connectivity index is 2.33. The third-order valence-corrected chi connectivity index (χ3v) is 3.16. The number of carboxylic acids is 1. The number of aryl methyl sites for hydroxylation is 1. The number of nitrogens with one attached hydrogen (secondary N) is 1. The minimum Gasteiger partial charge on any atom is -0.478 e. The monoisotopic (exact) mass is 323 g/mol. The average Bonchev–Trinajstić information content (AvgIpc) is 2.36. The van der Waals surface area contributed by atoms with E-state index < -0.39 is 5.97 Å². The summed E-state index contributed by atoms with van der Waals surface area (Å²) in [5.74, 6) is -1.35. The van der Waals surface area contributed by atoms with Crippen molar-refractivity contribution in [3.05, 3.63) is 57.8 Å². The van der Waals surface area contributed by atoms with E-state index >= 15 is 0 Å². The molecular formula is C14H11BrFNO2. The number of benzene rings is 2. The molecule has 0 heterocycles. The molecule has 0 unspecified atom stereocenters. The van der Waals surface area contributed by atoms with Gasteiger partial charge in [0.25, 0.3) is 0 Å². The number of carboxylic acid groups (broad SMARTS) is 1. The summed E-state index contributed by atoms with van der Waals surface area (Å²) in [6.07, 6.45) is 0. The van der Waals surface area contributed by atoms with E-state index in [0.717, 1.165) is 10.0 Å². The largest absolute Gasteiger partial charge is 0.478 e. The fraction of sp³-hybridized carbons (Fsp3) is 0.0714. The zero-order chi connectivity index (χ0) is 14.0. The Bertz CT molecular complexity index is 643. The van der Waals surface area contributed by atoms with Crippen LogP contribution in [-0.4, -0.2) is 11.1 Å². The molecule has 0 aliphatic carbocycles. The van der Waals surface area contributed by atoms with Gasteiger partial charge in [-0.15, -0.1) is 0 Å². The fourth-order valence-electron chi connectivity index (χ4n) is 1.68. The summed E-state index contributed by atoms with van der Waals surface area (Å²) < 4.78 is 14.4. The van der Waals surface area contributed by atoms with Gasteiger partial charge < -0.3 is 10.4 Å². The topological polar surface area (TPSA) is 49.3 Å². The van der Waals surface area contributed by atoms with E-state index in [2.05, 4.69) is 21.2 Å². The number of hydrogen-bond donors (Lipinski definition) is 2. The minimum absolute atomic E-state index is 0.206. The van der Waals surface area contributed by atoms with Crippen LogP contribution >= 0.6 is 15.9 Å². The quantitative estimate of drug-likeness (QED) is 0.883. The van der Waals surface area contributed by atoms with Crippen molar-refractivity contribution >= 4 is 33.3 Å². The van der Waals surface area contributed by atoms with Gasteiger partial charge in [-0.05, 0) is 48.9 Å². The van der Waals surface area contributed by atoms with Gasteiger partial charge in [0, 0.05) is 10.2 Å². The lowest BCUT2D eigenvalue weighted by Crippen LogP contribution is -2.00. The fourth-order valence-corrected chi connectivity index (χ4v) is 2.04. The molecule has 2 aromatic rings. The third kappa shape index (κ3) is 3.12. The van der Waals surface area contributed by atoms with Crippen molar-refractivity contribution < 1.29 is 14.3 Å². The molecule has 0 saturated heterocycles. The number of anilines is 2. The summed E-state index contributed by atoms with van der Waals surface area (Å²) in [5.41, 5.74) is 1.94. The highest BCUT2D eigenvalue weighted by molar-refractivity contribution is 9.10. The van der Waals surface area contributed by atoms with Gasteiger partial charge in [0.05, 0.1) is 11.3 Å². The number of rotatable bonds is 3. The molecular weight excluding hydrogens is 313 g/mol. The van der Waals surface area contributed by atoms with Crippen molar-refractivity contribution in [2.24, 2.45) is 0 Å². The molecule has 0 aromatic heterocycles. The Morgan fingerprint density at radius 3 is 2.58 bits per heavy atom. The summed E-state index contributed by atoms with van der Waals surface area (Å²) in [6.45, 7) is 1.77. The smallest absolute Gasteiger partial charge is 0.335 e. The first-order valence-corrected chi connectivity index (χ1v) is 6.32. The predicted molar refractivity (Wildman–Crippen MR) is 75.5 cm³/mol. The van der Waals surface area contributed by atoms with E-state index in [1.54, 1.807) is 31.2 Å². The molecule has 19 heavy (non-hydrogen) atoms. The first-order valence-electron chi connectivity index (χ1n) is 5.53. The Morgan fingerprint density at radius 2 is 1.95 bits per heavy atom. The molecule has 0 amide bonds. The van der Waals surface area contributed by atoms with E-state index in [9.17, 15) is 9.18 Å². The van der Waals surface area contributed by atoms with Crippen molar-refractivity contribution in [3.63, 3.8) is 0 Å². The molecule has 5 heteroatoms. The molecule has 0 bridgehead atoms. The van der Waals surface area contributed by atoms with Crippen LogP contribution in [0.5, 0.6) is 0 Å². The molecule has 0 aliphatic heterocycles. The minimum atomic E-state index is -0.983. The summed E-state index contributed by atoms with van der Waals surface area (Å²) in [4.78, 5) is 10.8. The maximum atomic E-state index is 13.6. The van der Waals surface area contributed by atoms with Crippen LogP contribution in [-0.2, 0) is 0 Å². The van der Waals surface area contributed by atoms with Gasteiger partial charge in [0.15, 0.2) is 0 Å². The predicted octanol–water partition coefficient (Wildman–Crippen LogP) is 4.34. The molecule has 3 nitrogen and oxygen atoms in total. The molecule has 0 saturated carbocycles. The Hall–Kier alpha value is -1.88. The maximum Gasteiger partial charge on any atom is 0.335 e. The average molecular weight is 324 g/mol. The maximum absolute atomic E-state index is 13.6. The van der Waals surface area contributed by atoms with Crippen LogP contribution in [0.25, 0.3) is 0 Å². The SMILES string of the molecule is Cc1cc(C(=O)O)ccc1Nc1cc(Br)ccc1F. The van der Waals surface area contributed by atoms with Gasteiger partial charge in [-0.2, -0.15) is 0 Å². The molecule has 98 valence electrons. The molecule has 2 aromatic carbocycles. The molecule has 0 spiro atoms. The molecule has 0 atom stereocenters. The number of halogens is 2. The van der Waals surface area contributed by atoms with Crippen LogP contribution in [0.15, 0.2) is 40.9 Å². The molecule has 0 aliphatic rings. The van der Waals surface area contributed by atoms with Crippen LogP contribution in [0.1, 0.15) is 15.9 Å². The van der Waals surface area contributed by atoms with E-state index in [1.807, 2.05) is 0 Å². The normalized spacial score (nSPS) is 10.3. The molecule has 2 rings (SSSR count). The van der Waals surface area contributed by atoms with E-state index in [1.165, 1.54) is 12.1 Å². The highest BCUT2D eigenvalue weighted by atomic mass is 79.9. The van der Waals surface area contributed by atoms with Crippen molar-refractivity contribution in [1.29, 1.82) is 0 Å². The summed E-state index contributed by atoms with van der Waals surface area (Å²) in [6, 6.07) is 9.24. The van der Waals surface area contributed by atoms with Gasteiger partial charge in [0.2, 0.25) is 0 Å². The second-order valence-corrected chi connectivity index (χ2v) is 5.00. The lowest BCUT2D eigenvalue weighted by Gasteiger charge is -2.11. The first-order chi connectivity index (χ1) is 8.97. The summed E-state index contributed by atoms with van der Waals surface area (Å²) in [7, 11) is 0. The van der Waals surface area contributed by atoms with Gasteiger partial charge in [0.1, 0.15) is 5.82 Å². The van der Waals surface area contributed by atoms with Gasteiger partial charge in [-0.25, -0.2) is 9.18 Å². The Morgan fingerprint density at radius 1 is 1.21 bits per heavy atom. The zero-order valence-electron chi connectivity index (χ0n) is 10.1. The second kappa shape index (κ2) is 5.40. The van der Waals surface area contributed by atoms with E-state index in [-0.39, 0.29) is 11.4 Å². The van der Waals surface area contributed by atoms with Crippen molar-refractivity contribution in [1.82, 2.24) is 0 Å². The third-order valence-electron chi connectivity index (χ3n) is 2.67. The lowest BCUT2D eigenvalue weighted by molar-refractivity contribution is 0.0697. The van der Waals surface area contributed by atoms with Crippen LogP contribution in [0.2, 0.25) is 0 Å². The highest BCUT2D eigenvalue weighted by Gasteiger charge is 2.08.